The fraction of sp³-hybridized carbons (Fsp3) is 0. The van der Waals surface area contributed by atoms with Crippen molar-refractivity contribution in [1.29, 1.82) is 0 Å². The summed E-state index contributed by atoms with van der Waals surface area (Å²) in [6.07, 6.45) is 0. The zero-order valence-corrected chi connectivity index (χ0v) is 8.45. The summed E-state index contributed by atoms with van der Waals surface area (Å²) in [4.78, 5) is 0. The van der Waals surface area contributed by atoms with Gasteiger partial charge in [-0.3, -0.25) is 0 Å². The molecule has 0 amide bonds. The minimum Gasteiger partial charge on any atom is -2.00 e. The first-order valence-electron chi connectivity index (χ1n) is 0. The summed E-state index contributed by atoms with van der Waals surface area (Å²) in [7, 11) is 0. The molecule has 0 aliphatic rings. The van der Waals surface area contributed by atoms with Gasteiger partial charge in [0.05, 0.1) is 0 Å². The number of rotatable bonds is 0. The van der Waals surface area contributed by atoms with Gasteiger partial charge >= 0.3 is 59.1 Å². The standard InChI is InChI=1S/ClH.2Na.S/h1H;;;/q;2*+1;-2. The van der Waals surface area contributed by atoms with Gasteiger partial charge in [0.15, 0.2) is 0 Å². The van der Waals surface area contributed by atoms with E-state index in [2.05, 4.69) is 0 Å². The fourth-order valence-corrected chi connectivity index (χ4v) is 0. The molecule has 0 fully saturated rings. The molecule has 0 aromatic rings. The molecule has 0 heterocycles. The van der Waals surface area contributed by atoms with Crippen molar-refractivity contribution in [3.05, 3.63) is 0 Å². The molecular weight excluding hydrogens is 114 g/mol. The summed E-state index contributed by atoms with van der Waals surface area (Å²) in [6.45, 7) is 0. The van der Waals surface area contributed by atoms with Crippen molar-refractivity contribution in [2.45, 2.75) is 0 Å². The van der Waals surface area contributed by atoms with Gasteiger partial charge in [0.25, 0.3) is 0 Å². The van der Waals surface area contributed by atoms with Crippen molar-refractivity contribution in [1.82, 2.24) is 0 Å². The first kappa shape index (κ1) is 30.3. The molecule has 0 rings (SSSR count). The minimum absolute atomic E-state index is 0. The molecule has 0 N–H and O–H groups in total. The molecule has 4 heavy (non-hydrogen) atoms. The molecule has 0 saturated carbocycles. The Balaban J connectivity index is 0. The molecule has 0 bridgehead atoms. The van der Waals surface area contributed by atoms with E-state index in [1.807, 2.05) is 0 Å². The Morgan fingerprint density at radius 1 is 0.750 bits per heavy atom. The summed E-state index contributed by atoms with van der Waals surface area (Å²) in [5, 5.41) is 0. The Morgan fingerprint density at radius 3 is 0.750 bits per heavy atom. The molecule has 0 aromatic heterocycles. The topological polar surface area (TPSA) is 0 Å². The number of halogens is 1. The van der Waals surface area contributed by atoms with Crippen LogP contribution in [0.25, 0.3) is 0 Å². The van der Waals surface area contributed by atoms with Crippen LogP contribution in [0.3, 0.4) is 0 Å². The Labute approximate surface area is 83.5 Å². The van der Waals surface area contributed by atoms with Crippen LogP contribution in [0.4, 0.5) is 0 Å². The zero-order chi connectivity index (χ0) is 0. The third-order valence-electron chi connectivity index (χ3n) is 0. The summed E-state index contributed by atoms with van der Waals surface area (Å²) in [5.41, 5.74) is 0. The molecule has 0 aliphatic heterocycles. The molecule has 16 valence electrons. The zero-order valence-electron chi connectivity index (χ0n) is 2.82. The molecule has 0 aliphatic carbocycles. The predicted molar refractivity (Wildman–Crippen MR) is 14.6 cm³/mol. The van der Waals surface area contributed by atoms with Crippen molar-refractivity contribution >= 4 is 25.9 Å². The number of hydrogen-bond donors (Lipinski definition) is 0. The minimum atomic E-state index is 0. The van der Waals surface area contributed by atoms with E-state index in [-0.39, 0.29) is 85.0 Å². The van der Waals surface area contributed by atoms with Crippen LogP contribution in [0.1, 0.15) is 0 Å². The van der Waals surface area contributed by atoms with Crippen LogP contribution in [0, 0.1) is 0 Å². The Kier molecular flexibility index (Phi) is 132. The van der Waals surface area contributed by atoms with Crippen LogP contribution in [-0.4, -0.2) is 0 Å². The van der Waals surface area contributed by atoms with Crippen molar-refractivity contribution < 1.29 is 59.1 Å². The van der Waals surface area contributed by atoms with Gasteiger partial charge in [0.1, 0.15) is 0 Å². The molecule has 0 aromatic carbocycles. The van der Waals surface area contributed by atoms with E-state index in [0.29, 0.717) is 0 Å². The van der Waals surface area contributed by atoms with Crippen molar-refractivity contribution in [2.24, 2.45) is 0 Å². The van der Waals surface area contributed by atoms with E-state index in [9.17, 15) is 0 Å². The smallest absolute Gasteiger partial charge is 1.00 e. The van der Waals surface area contributed by atoms with Crippen LogP contribution in [0.15, 0.2) is 0 Å². The molecule has 0 spiro atoms. The molecule has 0 unspecified atom stereocenters. The maximum absolute atomic E-state index is 0. The molecule has 0 atom stereocenters. The molecule has 0 saturated heterocycles. The number of hydrogen-bond acceptors (Lipinski definition) is 0. The van der Waals surface area contributed by atoms with E-state index in [4.69, 9.17) is 0 Å². The molecule has 4 heteroatoms. The van der Waals surface area contributed by atoms with E-state index < -0.39 is 0 Å². The second-order valence-electron chi connectivity index (χ2n) is 0. The second kappa shape index (κ2) is 17.4. The summed E-state index contributed by atoms with van der Waals surface area (Å²) in [6, 6.07) is 0. The van der Waals surface area contributed by atoms with Crippen molar-refractivity contribution in [3.63, 3.8) is 0 Å². The van der Waals surface area contributed by atoms with Gasteiger partial charge < -0.3 is 13.5 Å². The van der Waals surface area contributed by atoms with Gasteiger partial charge in [-0.25, -0.2) is 0 Å². The van der Waals surface area contributed by atoms with Crippen LogP contribution >= 0.6 is 12.4 Å². The van der Waals surface area contributed by atoms with Gasteiger partial charge in [-0.2, -0.15) is 0 Å². The third kappa shape index (κ3) is 8.82. The van der Waals surface area contributed by atoms with Crippen LogP contribution in [-0.2, 0) is 13.5 Å². The van der Waals surface area contributed by atoms with Crippen LogP contribution in [0.2, 0.25) is 0 Å². The van der Waals surface area contributed by atoms with E-state index in [0.717, 1.165) is 0 Å². The van der Waals surface area contributed by atoms with E-state index in [1.165, 1.54) is 0 Å². The first-order chi connectivity index (χ1) is 0. The summed E-state index contributed by atoms with van der Waals surface area (Å²) >= 11 is 0. The van der Waals surface area contributed by atoms with Gasteiger partial charge in [-0.15, -0.1) is 12.4 Å². The van der Waals surface area contributed by atoms with Crippen LogP contribution in [0.5, 0.6) is 0 Å². The predicted octanol–water partition coefficient (Wildman–Crippen LogP) is -5.57. The van der Waals surface area contributed by atoms with E-state index >= 15 is 0 Å². The van der Waals surface area contributed by atoms with E-state index in [1.54, 1.807) is 0 Å². The summed E-state index contributed by atoms with van der Waals surface area (Å²) in [5.74, 6) is 0. The largest absolute Gasteiger partial charge is 2.00 e. The Bertz CT molecular complexity index is 6.00. The van der Waals surface area contributed by atoms with Crippen LogP contribution < -0.4 is 59.1 Å². The normalized spacial score (nSPS) is 0. The fourth-order valence-electron chi connectivity index (χ4n) is 0. The monoisotopic (exact) mass is 114 g/mol. The van der Waals surface area contributed by atoms with Gasteiger partial charge in [0.2, 0.25) is 0 Å². The van der Waals surface area contributed by atoms with Crippen molar-refractivity contribution in [2.75, 3.05) is 0 Å². The average molecular weight is 115 g/mol. The molecule has 0 nitrogen and oxygen atoms in total. The molecule has 0 radical (unpaired) electrons. The SMILES string of the molecule is Cl.[Na+].[Na+].[S-2]. The Morgan fingerprint density at radius 2 is 0.750 bits per heavy atom. The third-order valence-corrected chi connectivity index (χ3v) is 0. The molecular formula is HClNa2S. The maximum atomic E-state index is 0. The maximum Gasteiger partial charge on any atom is 1.00 e. The van der Waals surface area contributed by atoms with Crippen molar-refractivity contribution in [3.8, 4) is 0 Å². The van der Waals surface area contributed by atoms with Gasteiger partial charge in [-0.1, -0.05) is 0 Å². The average Bonchev–Trinajstić information content (AvgIpc) is 0. The summed E-state index contributed by atoms with van der Waals surface area (Å²) < 4.78 is 0. The Hall–Kier alpha value is 2.64. The van der Waals surface area contributed by atoms with Gasteiger partial charge in [0, 0.05) is 0 Å². The second-order valence-corrected chi connectivity index (χ2v) is 0. The first-order valence-corrected chi connectivity index (χ1v) is 0. The van der Waals surface area contributed by atoms with Gasteiger partial charge in [-0.05, 0) is 0 Å². The quantitative estimate of drug-likeness (QED) is 0.276.